The van der Waals surface area contributed by atoms with E-state index in [1.807, 2.05) is 31.2 Å². The first-order valence-corrected chi connectivity index (χ1v) is 9.94. The fourth-order valence-electron chi connectivity index (χ4n) is 3.47. The normalized spacial score (nSPS) is 11.4. The van der Waals surface area contributed by atoms with Crippen molar-refractivity contribution < 1.29 is 17.7 Å². The monoisotopic (exact) mass is 444 g/mol. The fourth-order valence-corrected chi connectivity index (χ4v) is 3.47. The number of anilines is 2. The zero-order chi connectivity index (χ0) is 23.0. The van der Waals surface area contributed by atoms with Gasteiger partial charge in [0.2, 0.25) is 5.88 Å². The molecule has 0 atom stereocenters. The highest BCUT2D eigenvalue weighted by molar-refractivity contribution is 5.94. The van der Waals surface area contributed by atoms with Gasteiger partial charge in [0.15, 0.2) is 0 Å². The zero-order valence-corrected chi connectivity index (χ0v) is 17.2. The van der Waals surface area contributed by atoms with Gasteiger partial charge in [-0.2, -0.15) is 23.4 Å². The predicted molar refractivity (Wildman–Crippen MR) is 119 cm³/mol. The lowest BCUT2D eigenvalue weighted by atomic mass is 10.0. The van der Waals surface area contributed by atoms with Crippen molar-refractivity contribution in [1.29, 1.82) is 0 Å². The average Bonchev–Trinajstić information content (AvgIpc) is 3.20. The van der Waals surface area contributed by atoms with Gasteiger partial charge in [-0.25, -0.2) is 0 Å². The molecule has 0 unspecified atom stereocenters. The van der Waals surface area contributed by atoms with Gasteiger partial charge in [0.05, 0.1) is 28.9 Å². The Morgan fingerprint density at radius 1 is 0.909 bits per heavy atom. The molecule has 0 amide bonds. The molecule has 0 spiro atoms. The third-order valence-corrected chi connectivity index (χ3v) is 5.19. The molecule has 2 aromatic heterocycles. The van der Waals surface area contributed by atoms with Crippen LogP contribution in [0.15, 0.2) is 71.5 Å². The molecule has 1 N–H and O–H groups in total. The standard InChI is InChI=1S/C25H15F3N4O/c1-15-5-9-22-23(21(15)10-7-16-6-8-17-13-29-30-14-18(17)11-16)32-33-24(22)31-20-4-2-3-19(12-20)25(26,27)28/h2-6,8-9,11-14,31H,1H3. The van der Waals surface area contributed by atoms with E-state index in [-0.39, 0.29) is 11.6 Å². The number of fused-ring (bicyclic) bond motifs is 2. The predicted octanol–water partition coefficient (Wildman–Crippen LogP) is 6.24. The fraction of sp³-hybridized carbons (Fsp3) is 0.0800. The summed E-state index contributed by atoms with van der Waals surface area (Å²) in [5, 5.41) is 17.3. The number of hydrogen-bond donors (Lipinski definition) is 1. The van der Waals surface area contributed by atoms with Gasteiger partial charge in [0.25, 0.3) is 0 Å². The Bertz CT molecular complexity index is 1560. The van der Waals surface area contributed by atoms with Crippen molar-refractivity contribution >= 4 is 33.2 Å². The molecule has 0 saturated carbocycles. The van der Waals surface area contributed by atoms with Crippen molar-refractivity contribution in [1.82, 2.24) is 15.4 Å². The maximum absolute atomic E-state index is 13.0. The van der Waals surface area contributed by atoms with E-state index in [1.165, 1.54) is 12.1 Å². The third-order valence-electron chi connectivity index (χ3n) is 5.19. The molecule has 5 rings (SSSR count). The van der Waals surface area contributed by atoms with Gasteiger partial charge in [0.1, 0.15) is 5.52 Å². The first-order chi connectivity index (χ1) is 15.9. The molecule has 0 aliphatic carbocycles. The molecule has 0 bridgehead atoms. The van der Waals surface area contributed by atoms with Crippen LogP contribution in [0.5, 0.6) is 0 Å². The number of aromatic nitrogens is 3. The number of nitrogens with one attached hydrogen (secondary N) is 1. The van der Waals surface area contributed by atoms with Gasteiger partial charge in [-0.15, -0.1) is 0 Å². The van der Waals surface area contributed by atoms with Crippen molar-refractivity contribution in [2.75, 3.05) is 5.32 Å². The number of nitrogens with zero attached hydrogens (tertiary/aromatic N) is 3. The van der Waals surface area contributed by atoms with Crippen LogP contribution in [0.1, 0.15) is 22.3 Å². The molecule has 0 aliphatic rings. The molecule has 3 aromatic carbocycles. The van der Waals surface area contributed by atoms with Gasteiger partial charge in [-0.1, -0.05) is 35.2 Å². The molecule has 0 radical (unpaired) electrons. The molecule has 5 aromatic rings. The van der Waals surface area contributed by atoms with Crippen LogP contribution >= 0.6 is 0 Å². The van der Waals surface area contributed by atoms with Crippen LogP contribution in [0.3, 0.4) is 0 Å². The summed E-state index contributed by atoms with van der Waals surface area (Å²) in [6.45, 7) is 1.91. The van der Waals surface area contributed by atoms with Gasteiger partial charge in [-0.3, -0.25) is 0 Å². The van der Waals surface area contributed by atoms with Crippen LogP contribution < -0.4 is 5.32 Å². The lowest BCUT2D eigenvalue weighted by Crippen LogP contribution is -2.05. The molecule has 162 valence electrons. The number of rotatable bonds is 2. The van der Waals surface area contributed by atoms with Crippen molar-refractivity contribution in [2.24, 2.45) is 0 Å². The van der Waals surface area contributed by atoms with E-state index < -0.39 is 11.7 Å². The summed E-state index contributed by atoms with van der Waals surface area (Å²) in [6, 6.07) is 14.3. The average molecular weight is 444 g/mol. The molecule has 8 heteroatoms. The van der Waals surface area contributed by atoms with Crippen LogP contribution in [0.25, 0.3) is 21.7 Å². The second kappa shape index (κ2) is 7.95. The van der Waals surface area contributed by atoms with Crippen molar-refractivity contribution in [3.05, 3.63) is 89.2 Å². The highest BCUT2D eigenvalue weighted by Gasteiger charge is 2.30. The van der Waals surface area contributed by atoms with Gasteiger partial charge in [-0.05, 0) is 48.9 Å². The SMILES string of the molecule is Cc1ccc2c(Nc3cccc(C(F)(F)F)c3)onc2c1C#Cc1ccc2cnncc2c1. The summed E-state index contributed by atoms with van der Waals surface area (Å²) in [4.78, 5) is 0. The quantitative estimate of drug-likeness (QED) is 0.327. The smallest absolute Gasteiger partial charge is 0.337 e. The maximum Gasteiger partial charge on any atom is 0.416 e. The molecule has 0 fully saturated rings. The zero-order valence-electron chi connectivity index (χ0n) is 17.2. The van der Waals surface area contributed by atoms with Crippen LogP contribution in [0.2, 0.25) is 0 Å². The van der Waals surface area contributed by atoms with Crippen molar-refractivity contribution in [2.45, 2.75) is 13.1 Å². The van der Waals surface area contributed by atoms with E-state index in [9.17, 15) is 13.2 Å². The van der Waals surface area contributed by atoms with E-state index in [1.54, 1.807) is 18.5 Å². The molecule has 0 aliphatic heterocycles. The summed E-state index contributed by atoms with van der Waals surface area (Å²) >= 11 is 0. The number of halogens is 3. The number of benzene rings is 3. The van der Waals surface area contributed by atoms with Crippen LogP contribution in [-0.4, -0.2) is 15.4 Å². The van der Waals surface area contributed by atoms with Gasteiger partial charge >= 0.3 is 6.18 Å². The van der Waals surface area contributed by atoms with Crippen LogP contribution in [0.4, 0.5) is 24.7 Å². The maximum atomic E-state index is 13.0. The molecule has 33 heavy (non-hydrogen) atoms. The van der Waals surface area contributed by atoms with E-state index in [2.05, 4.69) is 32.5 Å². The minimum Gasteiger partial charge on any atom is -0.337 e. The lowest BCUT2D eigenvalue weighted by Gasteiger charge is -2.09. The Hall–Kier alpha value is -4.38. The minimum absolute atomic E-state index is 0.246. The van der Waals surface area contributed by atoms with Gasteiger partial charge < -0.3 is 9.84 Å². The molecule has 2 heterocycles. The second-order valence-corrected chi connectivity index (χ2v) is 7.45. The van der Waals surface area contributed by atoms with E-state index in [0.717, 1.165) is 34.0 Å². The Kier molecular flexibility index (Phi) is 4.94. The molecular weight excluding hydrogens is 429 g/mol. The summed E-state index contributed by atoms with van der Waals surface area (Å²) in [6.07, 6.45) is -1.07. The first-order valence-electron chi connectivity index (χ1n) is 9.94. The van der Waals surface area contributed by atoms with Gasteiger partial charge in [0, 0.05) is 22.0 Å². The van der Waals surface area contributed by atoms with Crippen LogP contribution in [0, 0.1) is 18.8 Å². The van der Waals surface area contributed by atoms with E-state index in [4.69, 9.17) is 4.52 Å². The third kappa shape index (κ3) is 4.08. The largest absolute Gasteiger partial charge is 0.416 e. The summed E-state index contributed by atoms with van der Waals surface area (Å²) in [5.74, 6) is 6.55. The summed E-state index contributed by atoms with van der Waals surface area (Å²) in [5.41, 5.74) is 2.42. The highest BCUT2D eigenvalue weighted by atomic mass is 19.4. The number of alkyl halides is 3. The van der Waals surface area contributed by atoms with E-state index >= 15 is 0 Å². The van der Waals surface area contributed by atoms with Crippen molar-refractivity contribution in [3.8, 4) is 11.8 Å². The minimum atomic E-state index is -4.43. The Balaban J connectivity index is 1.51. The Morgan fingerprint density at radius 3 is 2.55 bits per heavy atom. The van der Waals surface area contributed by atoms with Crippen molar-refractivity contribution in [3.63, 3.8) is 0 Å². The topological polar surface area (TPSA) is 63.8 Å². The number of hydrogen-bond acceptors (Lipinski definition) is 5. The Morgan fingerprint density at radius 2 is 1.73 bits per heavy atom. The lowest BCUT2D eigenvalue weighted by molar-refractivity contribution is -0.137. The summed E-state index contributed by atoms with van der Waals surface area (Å²) < 4.78 is 44.5. The number of aryl methyl sites for hydroxylation is 1. The van der Waals surface area contributed by atoms with Crippen LogP contribution in [-0.2, 0) is 6.18 Å². The first kappa shape index (κ1) is 20.5. The molecule has 0 saturated heterocycles. The summed E-state index contributed by atoms with van der Waals surface area (Å²) in [7, 11) is 0. The van der Waals surface area contributed by atoms with E-state index in [0.29, 0.717) is 16.5 Å². The second-order valence-electron chi connectivity index (χ2n) is 7.45. The molecule has 5 nitrogen and oxygen atoms in total. The molecular formula is C25H15F3N4O. The Labute approximate surface area is 186 Å². The highest BCUT2D eigenvalue weighted by Crippen LogP contribution is 2.33.